The summed E-state index contributed by atoms with van der Waals surface area (Å²) in [6, 6.07) is 5.94. The fourth-order valence-electron chi connectivity index (χ4n) is 1.67. The molecule has 0 bridgehead atoms. The molecular weight excluding hydrogens is 275 g/mol. The van der Waals surface area contributed by atoms with Crippen molar-refractivity contribution in [2.45, 2.75) is 31.0 Å². The van der Waals surface area contributed by atoms with Gasteiger partial charge in [0.15, 0.2) is 0 Å². The molecule has 0 saturated carbocycles. The van der Waals surface area contributed by atoms with Crippen LogP contribution < -0.4 is 0 Å². The average molecular weight is 290 g/mol. The van der Waals surface area contributed by atoms with Gasteiger partial charge in [0.25, 0.3) is 0 Å². The Kier molecular flexibility index (Phi) is 4.81. The maximum atomic E-state index is 11.3. The zero-order chi connectivity index (χ0) is 11.4. The van der Waals surface area contributed by atoms with Crippen LogP contribution >= 0.6 is 27.5 Å². The van der Waals surface area contributed by atoms with E-state index in [1.54, 1.807) is 6.92 Å². The largest absolute Gasteiger partial charge is 0.298 e. The van der Waals surface area contributed by atoms with Gasteiger partial charge in [-0.2, -0.15) is 0 Å². The third-order valence-corrected chi connectivity index (χ3v) is 3.86. The molecule has 1 rings (SSSR count). The molecule has 0 amide bonds. The number of ketones is 1. The van der Waals surface area contributed by atoms with Crippen molar-refractivity contribution in [3.63, 3.8) is 0 Å². The molecule has 0 aliphatic carbocycles. The van der Waals surface area contributed by atoms with Crippen LogP contribution in [0.25, 0.3) is 0 Å². The Labute approximate surface area is 104 Å². The summed E-state index contributed by atoms with van der Waals surface area (Å²) in [5, 5.41) is 0. The van der Waals surface area contributed by atoms with Gasteiger partial charge in [-0.1, -0.05) is 41.1 Å². The number of alkyl halides is 2. The SMILES string of the molecule is CCc1c(CCl)cccc1C(Br)C(C)=O. The highest BCUT2D eigenvalue weighted by Crippen LogP contribution is 2.29. The molecule has 0 aliphatic heterocycles. The molecule has 0 saturated heterocycles. The van der Waals surface area contributed by atoms with Crippen molar-refractivity contribution in [1.82, 2.24) is 0 Å². The van der Waals surface area contributed by atoms with Crippen LogP contribution in [0.4, 0.5) is 0 Å². The number of hydrogen-bond acceptors (Lipinski definition) is 1. The average Bonchev–Trinajstić information content (AvgIpc) is 2.26. The van der Waals surface area contributed by atoms with E-state index in [1.165, 1.54) is 5.56 Å². The Hall–Kier alpha value is -0.340. The monoisotopic (exact) mass is 288 g/mol. The molecule has 1 nitrogen and oxygen atoms in total. The highest BCUT2D eigenvalue weighted by molar-refractivity contribution is 9.09. The maximum Gasteiger partial charge on any atom is 0.147 e. The van der Waals surface area contributed by atoms with Crippen molar-refractivity contribution in [2.24, 2.45) is 0 Å². The molecule has 0 heterocycles. The number of benzene rings is 1. The highest BCUT2D eigenvalue weighted by atomic mass is 79.9. The first kappa shape index (κ1) is 12.7. The predicted molar refractivity (Wildman–Crippen MR) is 67.7 cm³/mol. The summed E-state index contributed by atoms with van der Waals surface area (Å²) in [5.41, 5.74) is 3.34. The maximum absolute atomic E-state index is 11.3. The summed E-state index contributed by atoms with van der Waals surface area (Å²) < 4.78 is 0. The van der Waals surface area contributed by atoms with Gasteiger partial charge >= 0.3 is 0 Å². The first-order chi connectivity index (χ1) is 7.11. The molecule has 0 N–H and O–H groups in total. The normalized spacial score (nSPS) is 12.5. The molecule has 1 aromatic carbocycles. The lowest BCUT2D eigenvalue weighted by Crippen LogP contribution is -2.06. The number of carbonyl (C=O) groups excluding carboxylic acids is 1. The quantitative estimate of drug-likeness (QED) is 0.765. The van der Waals surface area contributed by atoms with Crippen molar-refractivity contribution in [2.75, 3.05) is 0 Å². The summed E-state index contributed by atoms with van der Waals surface area (Å²) in [5.74, 6) is 0.616. The molecule has 82 valence electrons. The molecule has 1 atom stereocenters. The van der Waals surface area contributed by atoms with E-state index in [0.717, 1.165) is 17.5 Å². The minimum absolute atomic E-state index is 0.122. The van der Waals surface area contributed by atoms with Crippen LogP contribution in [0.2, 0.25) is 0 Å². The molecule has 3 heteroatoms. The van der Waals surface area contributed by atoms with E-state index in [4.69, 9.17) is 11.6 Å². The minimum atomic E-state index is -0.212. The van der Waals surface area contributed by atoms with Crippen LogP contribution in [-0.2, 0) is 17.1 Å². The summed E-state index contributed by atoms with van der Waals surface area (Å²) in [6.45, 7) is 3.67. The van der Waals surface area contributed by atoms with E-state index in [-0.39, 0.29) is 10.6 Å². The second-order valence-corrected chi connectivity index (χ2v) is 4.63. The van der Waals surface area contributed by atoms with E-state index in [2.05, 4.69) is 22.9 Å². The van der Waals surface area contributed by atoms with Crippen molar-refractivity contribution >= 4 is 33.3 Å². The van der Waals surface area contributed by atoms with Gasteiger partial charge in [-0.15, -0.1) is 11.6 Å². The molecule has 0 spiro atoms. The van der Waals surface area contributed by atoms with Crippen molar-refractivity contribution < 1.29 is 4.79 Å². The second kappa shape index (κ2) is 5.66. The Morgan fingerprint density at radius 1 is 1.53 bits per heavy atom. The van der Waals surface area contributed by atoms with Gasteiger partial charge in [0, 0.05) is 5.88 Å². The minimum Gasteiger partial charge on any atom is -0.298 e. The van der Waals surface area contributed by atoms with Crippen molar-refractivity contribution in [3.05, 3.63) is 34.9 Å². The van der Waals surface area contributed by atoms with Crippen LogP contribution in [0.15, 0.2) is 18.2 Å². The standard InChI is InChI=1S/C12H14BrClO/c1-3-10-9(7-14)5-4-6-11(10)12(13)8(2)15/h4-6,12H,3,7H2,1-2H3. The lowest BCUT2D eigenvalue weighted by Gasteiger charge is -2.14. The van der Waals surface area contributed by atoms with Gasteiger partial charge in [0.1, 0.15) is 5.78 Å². The van der Waals surface area contributed by atoms with Crippen LogP contribution in [0.3, 0.4) is 0 Å². The summed E-state index contributed by atoms with van der Waals surface area (Å²) in [6.07, 6.45) is 0.896. The Morgan fingerprint density at radius 2 is 2.20 bits per heavy atom. The third kappa shape index (κ3) is 2.82. The van der Waals surface area contributed by atoms with Gasteiger partial charge in [0.05, 0.1) is 4.83 Å². The van der Waals surface area contributed by atoms with E-state index in [1.807, 2.05) is 18.2 Å². The fraction of sp³-hybridized carbons (Fsp3) is 0.417. The number of halogens is 2. The van der Waals surface area contributed by atoms with Gasteiger partial charge in [-0.3, -0.25) is 4.79 Å². The molecular formula is C12H14BrClO. The molecule has 1 unspecified atom stereocenters. The first-order valence-electron chi connectivity index (χ1n) is 4.93. The number of rotatable bonds is 4. The predicted octanol–water partition coefficient (Wildman–Crippen LogP) is 4.01. The molecule has 0 aliphatic rings. The van der Waals surface area contributed by atoms with Gasteiger partial charge in [-0.05, 0) is 30.0 Å². The summed E-state index contributed by atoms with van der Waals surface area (Å²) in [7, 11) is 0. The zero-order valence-corrected chi connectivity index (χ0v) is 11.2. The number of carbonyl (C=O) groups is 1. The Bertz CT molecular complexity index is 363. The van der Waals surface area contributed by atoms with Crippen LogP contribution in [0.5, 0.6) is 0 Å². The van der Waals surface area contributed by atoms with Crippen LogP contribution in [-0.4, -0.2) is 5.78 Å². The third-order valence-electron chi connectivity index (χ3n) is 2.44. The van der Waals surface area contributed by atoms with Crippen molar-refractivity contribution in [1.29, 1.82) is 0 Å². The zero-order valence-electron chi connectivity index (χ0n) is 8.89. The molecule has 15 heavy (non-hydrogen) atoms. The second-order valence-electron chi connectivity index (χ2n) is 3.45. The highest BCUT2D eigenvalue weighted by Gasteiger charge is 2.17. The molecule has 1 aromatic rings. The lowest BCUT2D eigenvalue weighted by molar-refractivity contribution is -0.116. The Morgan fingerprint density at radius 3 is 2.67 bits per heavy atom. The summed E-state index contributed by atoms with van der Waals surface area (Å²) in [4.78, 5) is 11.1. The van der Waals surface area contributed by atoms with Crippen molar-refractivity contribution in [3.8, 4) is 0 Å². The topological polar surface area (TPSA) is 17.1 Å². The lowest BCUT2D eigenvalue weighted by atomic mass is 9.96. The van der Waals surface area contributed by atoms with E-state index in [9.17, 15) is 4.79 Å². The molecule has 0 radical (unpaired) electrons. The van der Waals surface area contributed by atoms with E-state index in [0.29, 0.717) is 5.88 Å². The molecule has 0 aromatic heterocycles. The van der Waals surface area contributed by atoms with Gasteiger partial charge in [0.2, 0.25) is 0 Å². The Balaban J connectivity index is 3.22. The fourth-order valence-corrected chi connectivity index (χ4v) is 2.35. The first-order valence-corrected chi connectivity index (χ1v) is 6.38. The molecule has 0 fully saturated rings. The van der Waals surface area contributed by atoms with E-state index >= 15 is 0 Å². The van der Waals surface area contributed by atoms with Gasteiger partial charge in [-0.25, -0.2) is 0 Å². The van der Waals surface area contributed by atoms with E-state index < -0.39 is 0 Å². The summed E-state index contributed by atoms with van der Waals surface area (Å²) >= 11 is 9.28. The number of Topliss-reactive ketones (excluding diaryl/α,β-unsaturated/α-hetero) is 1. The van der Waals surface area contributed by atoms with Crippen LogP contribution in [0.1, 0.15) is 35.4 Å². The van der Waals surface area contributed by atoms with Crippen LogP contribution in [0, 0.1) is 0 Å². The van der Waals surface area contributed by atoms with Gasteiger partial charge < -0.3 is 0 Å². The number of hydrogen-bond donors (Lipinski definition) is 0. The smallest absolute Gasteiger partial charge is 0.147 e.